The van der Waals surface area contributed by atoms with Crippen molar-refractivity contribution in [2.75, 3.05) is 13.6 Å². The van der Waals surface area contributed by atoms with E-state index in [1.807, 2.05) is 45.3 Å². The van der Waals surface area contributed by atoms with Crippen molar-refractivity contribution < 1.29 is 19.5 Å². The highest BCUT2D eigenvalue weighted by Gasteiger charge is 2.14. The van der Waals surface area contributed by atoms with Gasteiger partial charge in [-0.25, -0.2) is 4.79 Å². The third-order valence-electron chi connectivity index (χ3n) is 3.72. The van der Waals surface area contributed by atoms with Crippen molar-refractivity contribution in [2.24, 2.45) is 16.5 Å². The van der Waals surface area contributed by atoms with Gasteiger partial charge < -0.3 is 26.8 Å². The number of nitrogens with two attached hydrogens (primary N) is 2. The first kappa shape index (κ1) is 32.0. The maximum atomic E-state index is 10.5. The fraction of sp³-hybridized carbons (Fsp3) is 0.391. The number of allylic oxidation sites excluding steroid dienone is 3. The molecule has 0 heterocycles. The standard InChI is InChI=1S/C14H16BrNO.C7H14N4O3.C2H6/c1-12(11-17)5-4-8-16(2)10-13-6-3-7-14(15)9-13;8-7(9)10-3-1-2-5(6(13)14)11-4-12;1-2/h3-9,11H,10H2,1-2H3;4-5H,1-3H2,(H,11,12)(H,13,14)(H4,8,9,10);1-2H3/b8-4-,12-5-;;. The van der Waals surface area contributed by atoms with E-state index in [1.165, 1.54) is 5.56 Å². The molecule has 0 aromatic heterocycles. The number of carbonyl (C=O) groups is 3. The van der Waals surface area contributed by atoms with Crippen LogP contribution < -0.4 is 16.8 Å². The zero-order chi connectivity index (χ0) is 25.6. The average molecular weight is 526 g/mol. The quantitative estimate of drug-likeness (QED) is 0.0817. The molecular weight excluding hydrogens is 490 g/mol. The summed E-state index contributed by atoms with van der Waals surface area (Å²) in [5.74, 6) is -1.10. The zero-order valence-corrected chi connectivity index (χ0v) is 21.3. The van der Waals surface area contributed by atoms with Crippen molar-refractivity contribution in [1.82, 2.24) is 10.2 Å². The highest BCUT2D eigenvalue weighted by atomic mass is 79.9. The average Bonchev–Trinajstić information content (AvgIpc) is 2.77. The minimum Gasteiger partial charge on any atom is -0.480 e. The monoisotopic (exact) mass is 525 g/mol. The molecule has 6 N–H and O–H groups in total. The van der Waals surface area contributed by atoms with Crippen LogP contribution in [0.15, 0.2) is 57.7 Å². The van der Waals surface area contributed by atoms with Gasteiger partial charge in [0.1, 0.15) is 12.3 Å². The lowest BCUT2D eigenvalue weighted by Gasteiger charge is -2.13. The molecule has 33 heavy (non-hydrogen) atoms. The number of aliphatic imine (C=N–C) groups is 1. The summed E-state index contributed by atoms with van der Waals surface area (Å²) >= 11 is 3.45. The topological polar surface area (TPSA) is 151 Å². The molecule has 0 saturated carbocycles. The molecule has 1 atom stereocenters. The van der Waals surface area contributed by atoms with Gasteiger partial charge in [0.2, 0.25) is 6.41 Å². The van der Waals surface area contributed by atoms with Crippen LogP contribution in [-0.4, -0.2) is 54.3 Å². The Morgan fingerprint density at radius 3 is 2.48 bits per heavy atom. The Labute approximate surface area is 204 Å². The number of nitrogens with one attached hydrogen (secondary N) is 1. The summed E-state index contributed by atoms with van der Waals surface area (Å²) in [6.45, 7) is 6.97. The first-order chi connectivity index (χ1) is 15.7. The number of hydrogen-bond acceptors (Lipinski definition) is 5. The Morgan fingerprint density at radius 1 is 1.30 bits per heavy atom. The fourth-order valence-corrected chi connectivity index (χ4v) is 2.67. The molecule has 1 amide bonds. The third kappa shape index (κ3) is 19.3. The van der Waals surface area contributed by atoms with Gasteiger partial charge in [-0.3, -0.25) is 14.6 Å². The van der Waals surface area contributed by atoms with Gasteiger partial charge in [-0.05, 0) is 55.3 Å². The molecular formula is C23H36BrN5O4. The summed E-state index contributed by atoms with van der Waals surface area (Å²) in [5.41, 5.74) is 12.1. The second-order valence-corrected chi connectivity index (χ2v) is 7.45. The number of aldehydes is 1. The zero-order valence-electron chi connectivity index (χ0n) is 19.7. The molecule has 10 heteroatoms. The lowest BCUT2D eigenvalue weighted by molar-refractivity contribution is -0.140. The van der Waals surface area contributed by atoms with Crippen molar-refractivity contribution in [3.63, 3.8) is 0 Å². The molecule has 1 aromatic rings. The Bertz CT molecular complexity index is 793. The van der Waals surface area contributed by atoms with Crippen molar-refractivity contribution in [2.45, 2.75) is 46.2 Å². The number of benzene rings is 1. The molecule has 0 radical (unpaired) electrons. The summed E-state index contributed by atoms with van der Waals surface area (Å²) in [7, 11) is 2.00. The predicted octanol–water partition coefficient (Wildman–Crippen LogP) is 2.81. The minimum absolute atomic E-state index is 0.0276. The van der Waals surface area contributed by atoms with Crippen LogP contribution in [-0.2, 0) is 20.9 Å². The summed E-state index contributed by atoms with van der Waals surface area (Å²) in [4.78, 5) is 36.7. The maximum absolute atomic E-state index is 10.5. The molecule has 1 aromatic carbocycles. The molecule has 0 bridgehead atoms. The van der Waals surface area contributed by atoms with Crippen molar-refractivity contribution >= 4 is 40.6 Å². The number of amides is 1. The number of halogens is 1. The van der Waals surface area contributed by atoms with Gasteiger partial charge in [-0.15, -0.1) is 0 Å². The number of rotatable bonds is 12. The van der Waals surface area contributed by atoms with Crippen LogP contribution in [0, 0.1) is 0 Å². The van der Waals surface area contributed by atoms with Gasteiger partial charge in [0, 0.05) is 24.6 Å². The number of carboxylic acid groups (broad SMARTS) is 1. The molecule has 0 spiro atoms. The maximum Gasteiger partial charge on any atom is 0.326 e. The van der Waals surface area contributed by atoms with Crippen LogP contribution in [0.2, 0.25) is 0 Å². The molecule has 1 unspecified atom stereocenters. The molecule has 9 nitrogen and oxygen atoms in total. The molecule has 1 rings (SSSR count). The van der Waals surface area contributed by atoms with Gasteiger partial charge in [-0.1, -0.05) is 48.0 Å². The second-order valence-electron chi connectivity index (χ2n) is 6.54. The summed E-state index contributed by atoms with van der Waals surface area (Å²) in [6, 6.07) is 7.34. The molecule has 0 saturated heterocycles. The molecule has 0 aliphatic carbocycles. The van der Waals surface area contributed by atoms with Crippen LogP contribution in [0.4, 0.5) is 0 Å². The second kappa shape index (κ2) is 20.7. The molecule has 0 aliphatic rings. The van der Waals surface area contributed by atoms with E-state index in [1.54, 1.807) is 13.0 Å². The van der Waals surface area contributed by atoms with E-state index in [2.05, 4.69) is 43.3 Å². The third-order valence-corrected chi connectivity index (χ3v) is 4.21. The lowest BCUT2D eigenvalue weighted by Crippen LogP contribution is -2.35. The predicted molar refractivity (Wildman–Crippen MR) is 136 cm³/mol. The Kier molecular flexibility index (Phi) is 20.1. The van der Waals surface area contributed by atoms with Crippen LogP contribution in [0.3, 0.4) is 0 Å². The smallest absolute Gasteiger partial charge is 0.326 e. The van der Waals surface area contributed by atoms with Gasteiger partial charge >= 0.3 is 5.97 Å². The fourth-order valence-electron chi connectivity index (χ4n) is 2.22. The summed E-state index contributed by atoms with van der Waals surface area (Å²) in [5, 5.41) is 10.8. The molecule has 0 aliphatic heterocycles. The van der Waals surface area contributed by atoms with Crippen LogP contribution in [0.25, 0.3) is 0 Å². The number of aliphatic carboxylic acids is 1. The lowest BCUT2D eigenvalue weighted by atomic mass is 10.1. The van der Waals surface area contributed by atoms with Crippen LogP contribution in [0.1, 0.15) is 39.2 Å². The van der Waals surface area contributed by atoms with Crippen LogP contribution >= 0.6 is 15.9 Å². The van der Waals surface area contributed by atoms with E-state index in [0.717, 1.165) is 22.9 Å². The van der Waals surface area contributed by atoms with Gasteiger partial charge in [0.05, 0.1) is 0 Å². The number of nitrogens with zero attached hydrogens (tertiary/aromatic N) is 2. The van der Waals surface area contributed by atoms with Crippen molar-refractivity contribution in [3.8, 4) is 0 Å². The van der Waals surface area contributed by atoms with E-state index in [-0.39, 0.29) is 5.96 Å². The Balaban J connectivity index is 0. The Morgan fingerprint density at radius 2 is 1.97 bits per heavy atom. The van der Waals surface area contributed by atoms with E-state index < -0.39 is 12.0 Å². The summed E-state index contributed by atoms with van der Waals surface area (Å²) in [6.07, 6.45) is 7.62. The largest absolute Gasteiger partial charge is 0.480 e. The normalized spacial score (nSPS) is 11.1. The van der Waals surface area contributed by atoms with Gasteiger partial charge in [0.15, 0.2) is 5.96 Å². The number of guanidine groups is 1. The minimum atomic E-state index is -1.07. The molecule has 184 valence electrons. The van der Waals surface area contributed by atoms with Crippen LogP contribution in [0.5, 0.6) is 0 Å². The van der Waals surface area contributed by atoms with Gasteiger partial charge in [-0.2, -0.15) is 0 Å². The van der Waals surface area contributed by atoms with E-state index >= 15 is 0 Å². The number of carboxylic acids is 1. The Hall–Kier alpha value is -3.14. The van der Waals surface area contributed by atoms with Crippen molar-refractivity contribution in [1.29, 1.82) is 0 Å². The highest BCUT2D eigenvalue weighted by molar-refractivity contribution is 9.10. The number of carbonyl (C=O) groups excluding carboxylic acids is 2. The first-order valence-corrected chi connectivity index (χ1v) is 11.2. The van der Waals surface area contributed by atoms with E-state index in [4.69, 9.17) is 16.6 Å². The summed E-state index contributed by atoms with van der Waals surface area (Å²) < 4.78 is 1.09. The number of hydrogen-bond donors (Lipinski definition) is 4. The SMILES string of the molecule is C/C(C=O)=C/C=C\N(C)Cc1cccc(Br)c1.CC.NC(N)=NCCCC(NC=O)C(=O)O. The van der Waals surface area contributed by atoms with E-state index in [9.17, 15) is 14.4 Å². The highest BCUT2D eigenvalue weighted by Crippen LogP contribution is 2.13. The molecule has 0 fully saturated rings. The van der Waals surface area contributed by atoms with E-state index in [0.29, 0.717) is 25.8 Å². The first-order valence-electron chi connectivity index (χ1n) is 10.4. The van der Waals surface area contributed by atoms with Crippen molar-refractivity contribution in [3.05, 3.63) is 58.2 Å². The van der Waals surface area contributed by atoms with Gasteiger partial charge in [0.25, 0.3) is 0 Å².